The molecule has 3 aromatic heterocycles. The number of nitrogens with one attached hydrogen (secondary N) is 3. The van der Waals surface area contributed by atoms with E-state index in [1.54, 1.807) is 29.3 Å². The van der Waals surface area contributed by atoms with Crippen molar-refractivity contribution in [3.05, 3.63) is 83.8 Å². The van der Waals surface area contributed by atoms with E-state index < -0.39 is 0 Å². The number of benzene rings is 2. The van der Waals surface area contributed by atoms with Crippen molar-refractivity contribution in [1.29, 1.82) is 0 Å². The highest BCUT2D eigenvalue weighted by atomic mass is 16.5. The van der Waals surface area contributed by atoms with Crippen LogP contribution >= 0.6 is 0 Å². The molecule has 0 spiro atoms. The maximum Gasteiger partial charge on any atom is 0.273 e. The van der Waals surface area contributed by atoms with Gasteiger partial charge in [-0.15, -0.1) is 0 Å². The average Bonchev–Trinajstić information content (AvgIpc) is 3.57. The smallest absolute Gasteiger partial charge is 0.273 e. The van der Waals surface area contributed by atoms with Gasteiger partial charge in [0.15, 0.2) is 0 Å². The summed E-state index contributed by atoms with van der Waals surface area (Å²) < 4.78 is 7.73. The molecular weight excluding hydrogens is 430 g/mol. The number of imidazole rings is 1. The van der Waals surface area contributed by atoms with Crippen LogP contribution < -0.4 is 10.1 Å². The molecule has 0 fully saturated rings. The van der Waals surface area contributed by atoms with Crippen LogP contribution in [-0.2, 0) is 6.54 Å². The van der Waals surface area contributed by atoms with Gasteiger partial charge in [-0.1, -0.05) is 6.07 Å². The maximum atomic E-state index is 12.7. The Bertz CT molecular complexity index is 1480. The molecule has 1 amide bonds. The minimum absolute atomic E-state index is 0.214. The minimum atomic E-state index is -0.214. The number of carbonyl (C=O) groups is 1. The fraction of sp³-hybridized carbons (Fsp3) is 0.120. The van der Waals surface area contributed by atoms with Crippen LogP contribution in [0.15, 0.2) is 61.1 Å². The van der Waals surface area contributed by atoms with Crippen LogP contribution in [0, 0.1) is 6.92 Å². The van der Waals surface area contributed by atoms with Gasteiger partial charge in [0.25, 0.3) is 5.91 Å². The minimum Gasteiger partial charge on any atom is -0.457 e. The van der Waals surface area contributed by atoms with Crippen molar-refractivity contribution >= 4 is 34.6 Å². The standard InChI is InChI=1S/C25H23N7O2/c1-3-32-24(11-16(2)31-32)25(33)28-17-5-4-6-19(12-17)34-20-8-9-21-22(29-30-23(21)13-20)10-7-18-14-26-15-27-18/h4-15H,3H2,1-2H3,(H,26,27)(H,28,33)(H,29,30)/b10-7+. The van der Waals surface area contributed by atoms with Gasteiger partial charge in [0.05, 0.1) is 35.1 Å². The first-order valence-electron chi connectivity index (χ1n) is 10.9. The first-order valence-corrected chi connectivity index (χ1v) is 10.9. The highest BCUT2D eigenvalue weighted by molar-refractivity contribution is 6.03. The Balaban J connectivity index is 1.31. The number of aromatic nitrogens is 6. The molecule has 34 heavy (non-hydrogen) atoms. The summed E-state index contributed by atoms with van der Waals surface area (Å²) >= 11 is 0. The van der Waals surface area contributed by atoms with Gasteiger partial charge in [-0.2, -0.15) is 10.2 Å². The van der Waals surface area contributed by atoms with Crippen molar-refractivity contribution in [2.24, 2.45) is 0 Å². The van der Waals surface area contributed by atoms with Gasteiger partial charge in [0.2, 0.25) is 0 Å². The fourth-order valence-corrected chi connectivity index (χ4v) is 3.67. The highest BCUT2D eigenvalue weighted by Crippen LogP contribution is 2.28. The molecule has 3 N–H and O–H groups in total. The molecule has 5 rings (SSSR count). The number of carbonyl (C=O) groups excluding carboxylic acids is 1. The van der Waals surface area contributed by atoms with Crippen LogP contribution in [0.5, 0.6) is 11.5 Å². The van der Waals surface area contributed by atoms with Crippen molar-refractivity contribution in [2.75, 3.05) is 5.32 Å². The van der Waals surface area contributed by atoms with Crippen LogP contribution in [0.25, 0.3) is 23.1 Å². The van der Waals surface area contributed by atoms with Crippen molar-refractivity contribution in [1.82, 2.24) is 29.9 Å². The average molecular weight is 454 g/mol. The second kappa shape index (κ2) is 9.07. The van der Waals surface area contributed by atoms with Crippen molar-refractivity contribution in [3.63, 3.8) is 0 Å². The van der Waals surface area contributed by atoms with Crippen LogP contribution in [0.2, 0.25) is 0 Å². The first-order chi connectivity index (χ1) is 16.6. The molecule has 0 saturated carbocycles. The molecule has 0 bridgehead atoms. The predicted octanol–water partition coefficient (Wildman–Crippen LogP) is 5.03. The number of hydrogen-bond acceptors (Lipinski definition) is 5. The third kappa shape index (κ3) is 4.44. The van der Waals surface area contributed by atoms with Crippen molar-refractivity contribution < 1.29 is 9.53 Å². The number of H-pyrrole nitrogens is 2. The molecule has 9 heteroatoms. The largest absolute Gasteiger partial charge is 0.457 e. The summed E-state index contributed by atoms with van der Waals surface area (Å²) in [5, 5.41) is 15.6. The van der Waals surface area contributed by atoms with E-state index in [2.05, 4.69) is 30.6 Å². The van der Waals surface area contributed by atoms with Crippen LogP contribution in [-0.4, -0.2) is 35.9 Å². The highest BCUT2D eigenvalue weighted by Gasteiger charge is 2.14. The zero-order valence-corrected chi connectivity index (χ0v) is 18.7. The summed E-state index contributed by atoms with van der Waals surface area (Å²) in [5.41, 5.74) is 4.54. The molecule has 9 nitrogen and oxygen atoms in total. The molecule has 170 valence electrons. The number of aryl methyl sites for hydroxylation is 2. The number of amides is 1. The van der Waals surface area contributed by atoms with Crippen LogP contribution in [0.1, 0.15) is 34.5 Å². The lowest BCUT2D eigenvalue weighted by atomic mass is 10.2. The fourth-order valence-electron chi connectivity index (χ4n) is 3.67. The Labute approximate surface area is 195 Å². The normalized spacial score (nSPS) is 11.4. The quantitative estimate of drug-likeness (QED) is 0.320. The second-order valence-electron chi connectivity index (χ2n) is 7.73. The molecule has 0 aliphatic rings. The topological polar surface area (TPSA) is 114 Å². The van der Waals surface area contributed by atoms with Gasteiger partial charge >= 0.3 is 0 Å². The lowest BCUT2D eigenvalue weighted by Gasteiger charge is -2.10. The zero-order valence-electron chi connectivity index (χ0n) is 18.7. The third-order valence-electron chi connectivity index (χ3n) is 5.27. The summed E-state index contributed by atoms with van der Waals surface area (Å²) in [6.45, 7) is 4.44. The van der Waals surface area contributed by atoms with Crippen LogP contribution in [0.3, 0.4) is 0 Å². The van der Waals surface area contributed by atoms with E-state index in [-0.39, 0.29) is 5.91 Å². The molecule has 0 atom stereocenters. The van der Waals surface area contributed by atoms with Crippen LogP contribution in [0.4, 0.5) is 5.69 Å². The Hall–Kier alpha value is -4.66. The van der Waals surface area contributed by atoms with E-state index in [0.717, 1.165) is 28.0 Å². The Kier molecular flexibility index (Phi) is 5.65. The number of fused-ring (bicyclic) bond motifs is 1. The van der Waals surface area contributed by atoms with E-state index >= 15 is 0 Å². The third-order valence-corrected chi connectivity index (χ3v) is 5.27. The molecule has 0 unspecified atom stereocenters. The summed E-state index contributed by atoms with van der Waals surface area (Å²) in [5.74, 6) is 1.05. The number of anilines is 1. The summed E-state index contributed by atoms with van der Waals surface area (Å²) in [6, 6.07) is 14.8. The summed E-state index contributed by atoms with van der Waals surface area (Å²) in [7, 11) is 0. The van der Waals surface area contributed by atoms with Gasteiger partial charge in [-0.05, 0) is 56.3 Å². The lowest BCUT2D eigenvalue weighted by Crippen LogP contribution is -2.17. The zero-order chi connectivity index (χ0) is 23.5. The van der Waals surface area contributed by atoms with Gasteiger partial charge < -0.3 is 15.0 Å². The van der Waals surface area contributed by atoms with E-state index in [4.69, 9.17) is 4.74 Å². The first kappa shape index (κ1) is 21.2. The molecule has 3 heterocycles. The number of hydrogen-bond donors (Lipinski definition) is 3. The summed E-state index contributed by atoms with van der Waals surface area (Å²) in [6.07, 6.45) is 7.22. The van der Waals surface area contributed by atoms with Gasteiger partial charge in [0, 0.05) is 29.8 Å². The van der Waals surface area contributed by atoms with Gasteiger partial charge in [-0.25, -0.2) is 4.98 Å². The van der Waals surface area contributed by atoms with Crippen molar-refractivity contribution in [2.45, 2.75) is 20.4 Å². The second-order valence-corrected chi connectivity index (χ2v) is 7.73. The molecule has 0 saturated heterocycles. The molecular formula is C25H23N7O2. The molecule has 0 radical (unpaired) electrons. The monoisotopic (exact) mass is 453 g/mol. The number of nitrogens with zero attached hydrogens (tertiary/aromatic N) is 4. The number of aromatic amines is 2. The lowest BCUT2D eigenvalue weighted by molar-refractivity contribution is 0.101. The maximum absolute atomic E-state index is 12.7. The predicted molar refractivity (Wildman–Crippen MR) is 131 cm³/mol. The Morgan fingerprint density at radius 3 is 2.85 bits per heavy atom. The molecule has 0 aliphatic carbocycles. The van der Waals surface area contributed by atoms with Gasteiger partial charge in [0.1, 0.15) is 17.2 Å². The molecule has 5 aromatic rings. The summed E-state index contributed by atoms with van der Waals surface area (Å²) in [4.78, 5) is 19.8. The molecule has 2 aromatic carbocycles. The Morgan fingerprint density at radius 2 is 2.03 bits per heavy atom. The van der Waals surface area contributed by atoms with E-state index in [9.17, 15) is 4.79 Å². The number of ether oxygens (including phenoxy) is 1. The van der Waals surface area contributed by atoms with E-state index in [0.29, 0.717) is 29.4 Å². The Morgan fingerprint density at radius 1 is 1.15 bits per heavy atom. The van der Waals surface area contributed by atoms with E-state index in [1.807, 2.05) is 62.4 Å². The molecule has 0 aliphatic heterocycles. The number of rotatable bonds is 7. The SMILES string of the molecule is CCn1nc(C)cc1C(=O)Nc1cccc(Oc2ccc3c(/C=C/c4cnc[nH]4)n[nH]c3c2)c1. The van der Waals surface area contributed by atoms with E-state index in [1.165, 1.54) is 0 Å². The van der Waals surface area contributed by atoms with Crippen molar-refractivity contribution in [3.8, 4) is 11.5 Å². The van der Waals surface area contributed by atoms with Gasteiger partial charge in [-0.3, -0.25) is 14.6 Å².